The molecule has 14 heavy (non-hydrogen) atoms. The number of hydrogen-bond donors (Lipinski definition) is 0. The normalized spacial score (nSPS) is 10.1. The van der Waals surface area contributed by atoms with Crippen LogP contribution in [-0.4, -0.2) is 17.4 Å². The number of hydrogen-bond acceptors (Lipinski definition) is 2. The van der Waals surface area contributed by atoms with Gasteiger partial charge in [0.1, 0.15) is 0 Å². The van der Waals surface area contributed by atoms with Gasteiger partial charge in [0.25, 0.3) is 0 Å². The number of thioether (sulfide) groups is 1. The highest BCUT2D eigenvalue weighted by molar-refractivity contribution is 9.09. The Kier molecular flexibility index (Phi) is 5.26. The van der Waals surface area contributed by atoms with Crippen LogP contribution in [0.15, 0.2) is 29.2 Å². The van der Waals surface area contributed by atoms with E-state index in [1.54, 1.807) is 11.8 Å². The van der Waals surface area contributed by atoms with Gasteiger partial charge in [-0.15, -0.1) is 11.8 Å². The molecule has 0 aliphatic carbocycles. The Bertz CT molecular complexity index is 312. The van der Waals surface area contributed by atoms with E-state index in [2.05, 4.69) is 15.9 Å². The van der Waals surface area contributed by atoms with E-state index in [9.17, 15) is 4.79 Å². The van der Waals surface area contributed by atoms with Crippen LogP contribution in [0.4, 0.5) is 0 Å². The van der Waals surface area contributed by atoms with Crippen molar-refractivity contribution in [1.29, 1.82) is 0 Å². The zero-order valence-corrected chi connectivity index (χ0v) is 10.5. The predicted octanol–water partition coefficient (Wildman–Crippen LogP) is 3.77. The molecular weight excluding hydrogens is 260 g/mol. The maximum atomic E-state index is 11.7. The van der Waals surface area contributed by atoms with Gasteiger partial charge in [0.2, 0.25) is 0 Å². The van der Waals surface area contributed by atoms with E-state index < -0.39 is 0 Å². The Morgan fingerprint density at radius 3 is 2.79 bits per heavy atom. The lowest BCUT2D eigenvalue weighted by Gasteiger charge is -2.04. The first-order valence-electron chi connectivity index (χ1n) is 4.51. The van der Waals surface area contributed by atoms with Crippen molar-refractivity contribution < 1.29 is 4.79 Å². The molecule has 1 aromatic rings. The predicted molar refractivity (Wildman–Crippen MR) is 65.6 cm³/mol. The van der Waals surface area contributed by atoms with Gasteiger partial charge in [0.15, 0.2) is 5.78 Å². The molecule has 0 unspecified atom stereocenters. The van der Waals surface area contributed by atoms with Gasteiger partial charge in [-0.3, -0.25) is 4.79 Å². The number of Topliss-reactive ketones (excluding diaryl/α,β-unsaturated/α-hetero) is 1. The molecule has 76 valence electrons. The third kappa shape index (κ3) is 3.14. The van der Waals surface area contributed by atoms with Gasteiger partial charge in [-0.2, -0.15) is 0 Å². The van der Waals surface area contributed by atoms with Crippen LogP contribution in [0.3, 0.4) is 0 Å². The summed E-state index contributed by atoms with van der Waals surface area (Å²) in [6.07, 6.45) is 3.53. The van der Waals surface area contributed by atoms with Gasteiger partial charge < -0.3 is 0 Å². The zero-order valence-electron chi connectivity index (χ0n) is 8.13. The van der Waals surface area contributed by atoms with Crippen LogP contribution in [-0.2, 0) is 0 Å². The number of benzene rings is 1. The molecule has 0 fully saturated rings. The standard InChI is InChI=1S/C11H13BrOS/c1-14-11-7-3-2-5-9(11)10(13)6-4-8-12/h2-3,5,7H,4,6,8H2,1H3. The fraction of sp³-hybridized carbons (Fsp3) is 0.364. The highest BCUT2D eigenvalue weighted by Crippen LogP contribution is 2.21. The molecule has 0 bridgehead atoms. The lowest BCUT2D eigenvalue weighted by molar-refractivity contribution is 0.0979. The number of carbonyl (C=O) groups excluding carboxylic acids is 1. The van der Waals surface area contributed by atoms with E-state index in [1.807, 2.05) is 30.5 Å². The molecule has 1 aromatic carbocycles. The van der Waals surface area contributed by atoms with Crippen molar-refractivity contribution >= 4 is 33.5 Å². The van der Waals surface area contributed by atoms with Crippen LogP contribution >= 0.6 is 27.7 Å². The monoisotopic (exact) mass is 272 g/mol. The lowest BCUT2D eigenvalue weighted by Crippen LogP contribution is -2.00. The minimum absolute atomic E-state index is 0.245. The Morgan fingerprint density at radius 1 is 1.43 bits per heavy atom. The van der Waals surface area contributed by atoms with Gasteiger partial charge in [0, 0.05) is 22.2 Å². The van der Waals surface area contributed by atoms with Crippen molar-refractivity contribution in [1.82, 2.24) is 0 Å². The Balaban J connectivity index is 2.78. The summed E-state index contributed by atoms with van der Waals surface area (Å²) in [7, 11) is 0. The highest BCUT2D eigenvalue weighted by atomic mass is 79.9. The van der Waals surface area contributed by atoms with Crippen molar-refractivity contribution in [3.05, 3.63) is 29.8 Å². The summed E-state index contributed by atoms with van der Waals surface area (Å²) < 4.78 is 0. The summed E-state index contributed by atoms with van der Waals surface area (Å²) in [4.78, 5) is 12.8. The summed E-state index contributed by atoms with van der Waals surface area (Å²) in [5, 5.41) is 0.889. The number of carbonyl (C=O) groups is 1. The van der Waals surface area contributed by atoms with Gasteiger partial charge in [-0.05, 0) is 18.7 Å². The first-order chi connectivity index (χ1) is 6.79. The molecule has 0 atom stereocenters. The van der Waals surface area contributed by atoms with E-state index in [0.29, 0.717) is 6.42 Å². The molecule has 1 nitrogen and oxygen atoms in total. The van der Waals surface area contributed by atoms with Gasteiger partial charge in [-0.25, -0.2) is 0 Å². The van der Waals surface area contributed by atoms with Gasteiger partial charge >= 0.3 is 0 Å². The smallest absolute Gasteiger partial charge is 0.164 e. The van der Waals surface area contributed by atoms with Crippen molar-refractivity contribution in [3.8, 4) is 0 Å². The van der Waals surface area contributed by atoms with Crippen molar-refractivity contribution in [2.45, 2.75) is 17.7 Å². The Morgan fingerprint density at radius 2 is 2.14 bits per heavy atom. The second kappa shape index (κ2) is 6.25. The maximum absolute atomic E-state index is 11.7. The largest absolute Gasteiger partial charge is 0.294 e. The average molecular weight is 273 g/mol. The molecule has 0 heterocycles. The van der Waals surface area contributed by atoms with Gasteiger partial charge in [-0.1, -0.05) is 34.1 Å². The average Bonchev–Trinajstić information content (AvgIpc) is 2.25. The number of halogens is 1. The molecule has 0 aliphatic rings. The zero-order chi connectivity index (χ0) is 10.4. The van der Waals surface area contributed by atoms with Crippen LogP contribution < -0.4 is 0 Å². The molecule has 3 heteroatoms. The third-order valence-electron chi connectivity index (χ3n) is 1.94. The minimum Gasteiger partial charge on any atom is -0.294 e. The summed E-state index contributed by atoms with van der Waals surface area (Å²) in [6, 6.07) is 7.78. The van der Waals surface area contributed by atoms with E-state index in [4.69, 9.17) is 0 Å². The lowest BCUT2D eigenvalue weighted by atomic mass is 10.1. The van der Waals surface area contributed by atoms with Crippen molar-refractivity contribution in [2.75, 3.05) is 11.6 Å². The second-order valence-electron chi connectivity index (χ2n) is 2.92. The molecule has 0 aliphatic heterocycles. The molecule has 0 saturated heterocycles. The van der Waals surface area contributed by atoms with E-state index in [-0.39, 0.29) is 5.78 Å². The van der Waals surface area contributed by atoms with Crippen LogP contribution in [0.2, 0.25) is 0 Å². The fourth-order valence-electron chi connectivity index (χ4n) is 1.24. The quantitative estimate of drug-likeness (QED) is 0.461. The third-order valence-corrected chi connectivity index (χ3v) is 3.30. The molecule has 1 rings (SSSR count). The molecule has 0 radical (unpaired) electrons. The molecular formula is C11H13BrOS. The van der Waals surface area contributed by atoms with Gasteiger partial charge in [0.05, 0.1) is 0 Å². The summed E-state index contributed by atoms with van der Waals surface area (Å²) in [5.74, 6) is 0.245. The summed E-state index contributed by atoms with van der Waals surface area (Å²) in [6.45, 7) is 0. The SMILES string of the molecule is CSc1ccccc1C(=O)CCCBr. The number of ketones is 1. The fourth-order valence-corrected chi connectivity index (χ4v) is 2.13. The molecule has 0 N–H and O–H groups in total. The molecule has 0 saturated carbocycles. The van der Waals surface area contributed by atoms with E-state index in [0.717, 1.165) is 22.2 Å². The second-order valence-corrected chi connectivity index (χ2v) is 4.56. The van der Waals surface area contributed by atoms with Crippen LogP contribution in [0.1, 0.15) is 23.2 Å². The van der Waals surface area contributed by atoms with Crippen LogP contribution in [0.25, 0.3) is 0 Å². The Labute approximate surface area is 97.4 Å². The summed E-state index contributed by atoms with van der Waals surface area (Å²) in [5.41, 5.74) is 0.862. The Hall–Kier alpha value is -0.280. The van der Waals surface area contributed by atoms with Crippen LogP contribution in [0.5, 0.6) is 0 Å². The maximum Gasteiger partial charge on any atom is 0.164 e. The highest BCUT2D eigenvalue weighted by Gasteiger charge is 2.08. The first-order valence-corrected chi connectivity index (χ1v) is 6.86. The number of rotatable bonds is 5. The minimum atomic E-state index is 0.245. The topological polar surface area (TPSA) is 17.1 Å². The first kappa shape index (κ1) is 11.8. The molecule has 0 amide bonds. The van der Waals surface area contributed by atoms with Crippen molar-refractivity contribution in [2.24, 2.45) is 0 Å². The molecule has 0 spiro atoms. The molecule has 0 aromatic heterocycles. The van der Waals surface area contributed by atoms with E-state index in [1.165, 1.54) is 0 Å². The van der Waals surface area contributed by atoms with Crippen LogP contribution in [0, 0.1) is 0 Å². The summed E-state index contributed by atoms with van der Waals surface area (Å²) >= 11 is 4.95. The van der Waals surface area contributed by atoms with E-state index >= 15 is 0 Å². The van der Waals surface area contributed by atoms with Crippen molar-refractivity contribution in [3.63, 3.8) is 0 Å². The number of alkyl halides is 1.